The maximum atomic E-state index is 12.2. The Morgan fingerprint density at radius 1 is 1.40 bits per heavy atom. The van der Waals surface area contributed by atoms with Crippen molar-refractivity contribution in [1.82, 2.24) is 24.9 Å². The maximum Gasteiger partial charge on any atom is 0.257 e. The van der Waals surface area contributed by atoms with E-state index in [1.165, 1.54) is 0 Å². The van der Waals surface area contributed by atoms with Gasteiger partial charge in [0.1, 0.15) is 0 Å². The molecular formula is C14H19N5O. The summed E-state index contributed by atoms with van der Waals surface area (Å²) in [6.45, 7) is 2.65. The van der Waals surface area contributed by atoms with E-state index >= 15 is 0 Å². The normalized spacial score (nSPS) is 16.5. The zero-order valence-electron chi connectivity index (χ0n) is 11.4. The maximum absolute atomic E-state index is 12.2. The van der Waals surface area contributed by atoms with Gasteiger partial charge in [-0.2, -0.15) is 10.2 Å². The summed E-state index contributed by atoms with van der Waals surface area (Å²) in [7, 11) is 0. The van der Waals surface area contributed by atoms with Crippen molar-refractivity contribution < 1.29 is 4.79 Å². The molecule has 2 aromatic heterocycles. The van der Waals surface area contributed by atoms with Gasteiger partial charge < -0.3 is 4.90 Å². The summed E-state index contributed by atoms with van der Waals surface area (Å²) < 4.78 is 1.98. The van der Waals surface area contributed by atoms with E-state index in [1.54, 1.807) is 12.4 Å². The summed E-state index contributed by atoms with van der Waals surface area (Å²) in [5.74, 6) is 0.775. The molecule has 0 aliphatic carbocycles. The second-order valence-corrected chi connectivity index (χ2v) is 5.28. The van der Waals surface area contributed by atoms with Gasteiger partial charge in [-0.05, 0) is 31.2 Å². The number of amides is 1. The van der Waals surface area contributed by atoms with Crippen molar-refractivity contribution in [2.75, 3.05) is 13.1 Å². The standard InChI is InChI=1S/C14H19N5O/c20-14(13-10-15-16-11-13)18-7-2-12(3-8-18)4-9-19-6-1-5-17-19/h1,5-6,10-12H,2-4,7-9H2,(H,15,16). The van der Waals surface area contributed by atoms with Crippen LogP contribution in [0, 0.1) is 5.92 Å². The molecule has 0 spiro atoms. The van der Waals surface area contributed by atoms with Gasteiger partial charge in [0.25, 0.3) is 5.91 Å². The lowest BCUT2D eigenvalue weighted by Gasteiger charge is -2.31. The SMILES string of the molecule is O=C(c1cn[nH]c1)N1CCC(CCn2cccn2)CC1. The molecule has 106 valence electrons. The van der Waals surface area contributed by atoms with E-state index in [1.807, 2.05) is 28.0 Å². The van der Waals surface area contributed by atoms with Crippen LogP contribution in [0.3, 0.4) is 0 Å². The lowest BCUT2D eigenvalue weighted by Crippen LogP contribution is -2.38. The van der Waals surface area contributed by atoms with Crippen molar-refractivity contribution in [1.29, 1.82) is 0 Å². The second kappa shape index (κ2) is 5.90. The van der Waals surface area contributed by atoms with E-state index in [9.17, 15) is 4.79 Å². The van der Waals surface area contributed by atoms with Gasteiger partial charge in [0.05, 0.1) is 11.8 Å². The van der Waals surface area contributed by atoms with Crippen LogP contribution in [0.15, 0.2) is 30.9 Å². The second-order valence-electron chi connectivity index (χ2n) is 5.28. The van der Waals surface area contributed by atoms with E-state index in [-0.39, 0.29) is 5.91 Å². The minimum absolute atomic E-state index is 0.0873. The Hall–Kier alpha value is -2.11. The van der Waals surface area contributed by atoms with Crippen LogP contribution in [0.5, 0.6) is 0 Å². The number of H-pyrrole nitrogens is 1. The molecule has 1 saturated heterocycles. The molecule has 0 radical (unpaired) electrons. The number of carbonyl (C=O) groups excluding carboxylic acids is 1. The fraction of sp³-hybridized carbons (Fsp3) is 0.500. The Morgan fingerprint density at radius 2 is 2.25 bits per heavy atom. The monoisotopic (exact) mass is 273 g/mol. The third-order valence-corrected chi connectivity index (χ3v) is 3.97. The van der Waals surface area contributed by atoms with Crippen LogP contribution < -0.4 is 0 Å². The zero-order valence-corrected chi connectivity index (χ0v) is 11.4. The predicted octanol–water partition coefficient (Wildman–Crippen LogP) is 1.55. The van der Waals surface area contributed by atoms with E-state index in [0.717, 1.165) is 38.9 Å². The van der Waals surface area contributed by atoms with Crippen molar-refractivity contribution in [3.8, 4) is 0 Å². The third-order valence-electron chi connectivity index (χ3n) is 3.97. The molecule has 0 aromatic carbocycles. The number of rotatable bonds is 4. The first kappa shape index (κ1) is 12.9. The first-order valence-electron chi connectivity index (χ1n) is 7.08. The molecule has 1 fully saturated rings. The molecule has 0 bridgehead atoms. The van der Waals surface area contributed by atoms with Crippen LogP contribution >= 0.6 is 0 Å². The number of carbonyl (C=O) groups is 1. The van der Waals surface area contributed by atoms with Crippen LogP contribution in [0.2, 0.25) is 0 Å². The molecule has 6 heteroatoms. The number of likely N-dealkylation sites (tertiary alicyclic amines) is 1. The van der Waals surface area contributed by atoms with Crippen molar-refractivity contribution in [3.05, 3.63) is 36.4 Å². The number of nitrogens with zero attached hydrogens (tertiary/aromatic N) is 4. The number of hydrogen-bond donors (Lipinski definition) is 1. The van der Waals surface area contributed by atoms with Crippen LogP contribution in [0.1, 0.15) is 29.6 Å². The molecule has 1 aliphatic heterocycles. The van der Waals surface area contributed by atoms with Crippen LogP contribution in [0.4, 0.5) is 0 Å². The minimum Gasteiger partial charge on any atom is -0.339 e. The quantitative estimate of drug-likeness (QED) is 0.919. The van der Waals surface area contributed by atoms with Crippen molar-refractivity contribution >= 4 is 5.91 Å². The average Bonchev–Trinajstić information content (AvgIpc) is 3.18. The zero-order chi connectivity index (χ0) is 13.8. The third kappa shape index (κ3) is 2.89. The highest BCUT2D eigenvalue weighted by atomic mass is 16.2. The molecule has 2 aromatic rings. The van der Waals surface area contributed by atoms with E-state index < -0.39 is 0 Å². The molecular weight excluding hydrogens is 254 g/mol. The lowest BCUT2D eigenvalue weighted by molar-refractivity contribution is 0.0684. The van der Waals surface area contributed by atoms with Gasteiger partial charge in [0.2, 0.25) is 0 Å². The number of aromatic nitrogens is 4. The Bertz CT molecular complexity index is 526. The lowest BCUT2D eigenvalue weighted by atomic mass is 9.93. The summed E-state index contributed by atoms with van der Waals surface area (Å²) in [6, 6.07) is 1.95. The van der Waals surface area contributed by atoms with Crippen LogP contribution in [0.25, 0.3) is 0 Å². The first-order chi connectivity index (χ1) is 9.83. The van der Waals surface area contributed by atoms with Gasteiger partial charge in [0.15, 0.2) is 0 Å². The highest BCUT2D eigenvalue weighted by Crippen LogP contribution is 2.22. The number of piperidine rings is 1. The summed E-state index contributed by atoms with van der Waals surface area (Å²) in [5, 5.41) is 10.7. The Balaban J connectivity index is 1.46. The van der Waals surface area contributed by atoms with Crippen molar-refractivity contribution in [2.45, 2.75) is 25.8 Å². The molecule has 3 heterocycles. The number of aryl methyl sites for hydroxylation is 1. The molecule has 1 amide bonds. The first-order valence-corrected chi connectivity index (χ1v) is 7.08. The van der Waals surface area contributed by atoms with Gasteiger partial charge in [-0.25, -0.2) is 0 Å². The molecule has 20 heavy (non-hydrogen) atoms. The van der Waals surface area contributed by atoms with Crippen LogP contribution in [-0.4, -0.2) is 43.9 Å². The Labute approximate surface area is 117 Å². The molecule has 0 saturated carbocycles. The summed E-state index contributed by atoms with van der Waals surface area (Å²) >= 11 is 0. The van der Waals surface area contributed by atoms with E-state index in [0.29, 0.717) is 11.5 Å². The van der Waals surface area contributed by atoms with Gasteiger partial charge in [-0.1, -0.05) is 0 Å². The van der Waals surface area contributed by atoms with Crippen molar-refractivity contribution in [3.63, 3.8) is 0 Å². The summed E-state index contributed by atoms with van der Waals surface area (Å²) in [5.41, 5.74) is 0.653. The number of nitrogens with one attached hydrogen (secondary N) is 1. The highest BCUT2D eigenvalue weighted by Gasteiger charge is 2.23. The van der Waals surface area contributed by atoms with Gasteiger partial charge >= 0.3 is 0 Å². The molecule has 1 aliphatic rings. The summed E-state index contributed by atoms with van der Waals surface area (Å²) in [4.78, 5) is 14.1. The highest BCUT2D eigenvalue weighted by molar-refractivity contribution is 5.93. The Kier molecular flexibility index (Phi) is 3.80. The average molecular weight is 273 g/mol. The largest absolute Gasteiger partial charge is 0.339 e. The topological polar surface area (TPSA) is 66.8 Å². The smallest absolute Gasteiger partial charge is 0.257 e. The van der Waals surface area contributed by atoms with E-state index in [4.69, 9.17) is 0 Å². The molecule has 1 N–H and O–H groups in total. The van der Waals surface area contributed by atoms with Crippen LogP contribution in [-0.2, 0) is 6.54 Å². The Morgan fingerprint density at radius 3 is 2.90 bits per heavy atom. The van der Waals surface area contributed by atoms with Crippen molar-refractivity contribution in [2.24, 2.45) is 5.92 Å². The minimum atomic E-state index is 0.0873. The number of hydrogen-bond acceptors (Lipinski definition) is 3. The fourth-order valence-electron chi connectivity index (χ4n) is 2.72. The molecule has 0 unspecified atom stereocenters. The van der Waals surface area contributed by atoms with Gasteiger partial charge in [-0.3, -0.25) is 14.6 Å². The van der Waals surface area contributed by atoms with E-state index in [2.05, 4.69) is 15.3 Å². The van der Waals surface area contributed by atoms with Gasteiger partial charge in [-0.15, -0.1) is 0 Å². The predicted molar refractivity (Wildman–Crippen MR) is 74.1 cm³/mol. The summed E-state index contributed by atoms with van der Waals surface area (Å²) in [6.07, 6.45) is 10.3. The molecule has 6 nitrogen and oxygen atoms in total. The fourth-order valence-corrected chi connectivity index (χ4v) is 2.72. The molecule has 0 atom stereocenters. The number of aromatic amines is 1. The molecule has 3 rings (SSSR count). The van der Waals surface area contributed by atoms with Gasteiger partial charge in [0, 0.05) is 38.2 Å².